The van der Waals surface area contributed by atoms with E-state index in [1.54, 1.807) is 91.3 Å². The van der Waals surface area contributed by atoms with Gasteiger partial charge in [0.1, 0.15) is 29.2 Å². The third kappa shape index (κ3) is 5.72. The van der Waals surface area contributed by atoms with Crippen LogP contribution in [-0.2, 0) is 30.1 Å². The molecule has 0 bridgehead atoms. The van der Waals surface area contributed by atoms with Gasteiger partial charge in [0.2, 0.25) is 11.8 Å². The number of carbonyl (C=O) groups excluding carboxylic acids is 4. The number of carbonyl (C=O) groups is 4. The maximum atomic E-state index is 13.5. The molecule has 11 nitrogen and oxygen atoms in total. The van der Waals surface area contributed by atoms with E-state index >= 15 is 0 Å². The summed E-state index contributed by atoms with van der Waals surface area (Å²) >= 11 is 0. The molecule has 4 N–H and O–H groups in total. The number of nitrogens with zero attached hydrogens (tertiary/aromatic N) is 3. The molecule has 1 aliphatic rings. The smallest absolute Gasteiger partial charge is 0.271 e. The van der Waals surface area contributed by atoms with Gasteiger partial charge in [0.05, 0.1) is 7.11 Å². The van der Waals surface area contributed by atoms with Crippen LogP contribution in [0.15, 0.2) is 60.9 Å². The highest BCUT2D eigenvalue weighted by Gasteiger charge is 2.42. The Morgan fingerprint density at radius 2 is 1.63 bits per heavy atom. The number of aryl methyl sites for hydroxylation is 2. The van der Waals surface area contributed by atoms with Crippen molar-refractivity contribution < 1.29 is 23.9 Å². The zero-order chi connectivity index (χ0) is 27.4. The van der Waals surface area contributed by atoms with Crippen LogP contribution < -0.4 is 21.1 Å². The Labute approximate surface area is 220 Å². The molecule has 1 saturated heterocycles. The Hall–Kier alpha value is -4.54. The molecule has 3 heterocycles. The summed E-state index contributed by atoms with van der Waals surface area (Å²) in [6, 6.07) is 11.6. The Balaban J connectivity index is 1.52. The van der Waals surface area contributed by atoms with E-state index < -0.39 is 29.9 Å². The van der Waals surface area contributed by atoms with Crippen molar-refractivity contribution in [3.8, 4) is 5.75 Å². The van der Waals surface area contributed by atoms with Crippen molar-refractivity contribution in [1.29, 1.82) is 0 Å². The molecule has 4 amide bonds. The Morgan fingerprint density at radius 3 is 2.18 bits per heavy atom. The highest BCUT2D eigenvalue weighted by molar-refractivity contribution is 5.98. The Kier molecular flexibility index (Phi) is 7.85. The summed E-state index contributed by atoms with van der Waals surface area (Å²) in [6.07, 6.45) is 3.87. The van der Waals surface area contributed by atoms with Crippen LogP contribution in [-0.4, -0.2) is 69.4 Å². The minimum atomic E-state index is -0.986. The highest BCUT2D eigenvalue weighted by Crippen LogP contribution is 2.22. The molecule has 4 rings (SSSR count). The zero-order valence-electron chi connectivity index (χ0n) is 21.6. The van der Waals surface area contributed by atoms with Crippen molar-refractivity contribution >= 4 is 23.6 Å². The molecule has 0 spiro atoms. The lowest BCUT2D eigenvalue weighted by molar-refractivity contribution is -0.129. The molecule has 1 aromatic carbocycles. The number of benzene rings is 1. The molecule has 3 aromatic rings. The van der Waals surface area contributed by atoms with Crippen LogP contribution >= 0.6 is 0 Å². The van der Waals surface area contributed by atoms with Crippen LogP contribution in [0.1, 0.15) is 33.0 Å². The first-order valence-electron chi connectivity index (χ1n) is 12.2. The van der Waals surface area contributed by atoms with Gasteiger partial charge in [-0.25, -0.2) is 0 Å². The molecule has 0 radical (unpaired) electrons. The highest BCUT2D eigenvalue weighted by atomic mass is 16.5. The van der Waals surface area contributed by atoms with Crippen LogP contribution in [0.2, 0.25) is 0 Å². The summed E-state index contributed by atoms with van der Waals surface area (Å²) in [5.74, 6) is -1.19. The van der Waals surface area contributed by atoms with Crippen molar-refractivity contribution in [3.63, 3.8) is 0 Å². The lowest BCUT2D eigenvalue weighted by atomic mass is 10.0. The number of amides is 4. The number of rotatable bonds is 9. The van der Waals surface area contributed by atoms with Gasteiger partial charge >= 0.3 is 0 Å². The summed E-state index contributed by atoms with van der Waals surface area (Å²) in [5, 5.41) is 5.66. The summed E-state index contributed by atoms with van der Waals surface area (Å²) in [4.78, 5) is 53.4. The van der Waals surface area contributed by atoms with E-state index in [-0.39, 0.29) is 31.2 Å². The minimum Gasteiger partial charge on any atom is -0.497 e. The van der Waals surface area contributed by atoms with Gasteiger partial charge in [0.15, 0.2) is 0 Å². The topological polar surface area (TPSA) is 141 Å². The molecule has 1 aliphatic heterocycles. The van der Waals surface area contributed by atoms with Gasteiger partial charge in [0.25, 0.3) is 11.8 Å². The van der Waals surface area contributed by atoms with Gasteiger partial charge in [-0.3, -0.25) is 19.2 Å². The average Bonchev–Trinajstić information content (AvgIpc) is 3.63. The van der Waals surface area contributed by atoms with E-state index in [4.69, 9.17) is 10.5 Å². The maximum absolute atomic E-state index is 13.5. The molecular formula is C27H32N6O5. The number of nitrogens with one attached hydrogen (secondary N) is 2. The summed E-state index contributed by atoms with van der Waals surface area (Å²) < 4.78 is 8.52. The summed E-state index contributed by atoms with van der Waals surface area (Å²) in [6.45, 7) is 0.137. The largest absolute Gasteiger partial charge is 0.497 e. The van der Waals surface area contributed by atoms with E-state index in [0.29, 0.717) is 17.1 Å². The van der Waals surface area contributed by atoms with E-state index in [1.807, 2.05) is 0 Å². The predicted molar refractivity (Wildman–Crippen MR) is 139 cm³/mol. The molecular weight excluding hydrogens is 488 g/mol. The molecule has 3 atom stereocenters. The third-order valence-corrected chi connectivity index (χ3v) is 6.80. The number of hydrogen-bond acceptors (Lipinski definition) is 5. The van der Waals surface area contributed by atoms with Gasteiger partial charge in [-0.15, -0.1) is 0 Å². The van der Waals surface area contributed by atoms with Crippen molar-refractivity contribution in [3.05, 3.63) is 77.9 Å². The number of primary amides is 1. The second kappa shape index (κ2) is 11.2. The van der Waals surface area contributed by atoms with Crippen molar-refractivity contribution in [1.82, 2.24) is 24.7 Å². The number of hydrogen-bond donors (Lipinski definition) is 3. The van der Waals surface area contributed by atoms with E-state index in [1.165, 1.54) is 4.90 Å². The molecule has 1 fully saturated rings. The van der Waals surface area contributed by atoms with Crippen molar-refractivity contribution in [2.45, 2.75) is 31.0 Å². The summed E-state index contributed by atoms with van der Waals surface area (Å²) in [7, 11) is 5.06. The first-order valence-corrected chi connectivity index (χ1v) is 12.2. The van der Waals surface area contributed by atoms with Crippen LogP contribution in [0.5, 0.6) is 5.75 Å². The van der Waals surface area contributed by atoms with Crippen LogP contribution in [0, 0.1) is 0 Å². The maximum Gasteiger partial charge on any atom is 0.271 e. The van der Waals surface area contributed by atoms with Gasteiger partial charge in [-0.05, 0) is 48.4 Å². The van der Waals surface area contributed by atoms with Crippen LogP contribution in [0.3, 0.4) is 0 Å². The average molecular weight is 521 g/mol. The number of aromatic nitrogens is 2. The lowest BCUT2D eigenvalue weighted by Crippen LogP contribution is -2.53. The van der Waals surface area contributed by atoms with Gasteiger partial charge in [0, 0.05) is 45.5 Å². The van der Waals surface area contributed by atoms with Crippen molar-refractivity contribution in [2.24, 2.45) is 19.8 Å². The fourth-order valence-corrected chi connectivity index (χ4v) is 4.69. The first-order chi connectivity index (χ1) is 18.2. The molecule has 11 heteroatoms. The summed E-state index contributed by atoms with van der Waals surface area (Å²) in [5.41, 5.74) is 7.27. The van der Waals surface area contributed by atoms with E-state index in [2.05, 4.69) is 10.6 Å². The first kappa shape index (κ1) is 26.5. The van der Waals surface area contributed by atoms with E-state index in [0.717, 1.165) is 5.56 Å². The number of likely N-dealkylation sites (tertiary alicyclic amines) is 1. The predicted octanol–water partition coefficient (Wildman–Crippen LogP) is 0.598. The standard InChI is InChI=1S/C27H32N6O5/c1-31-12-4-6-21(31)25(35)29-18-15-23(33(16-18)27(37)22-7-5-13-32(22)2)26(36)30-20(24(28)34)14-17-8-10-19(38-3)11-9-17/h4-13,18,20,23H,14-16H2,1-3H3,(H2,28,34)(H,29,35)(H,30,36). The molecule has 0 saturated carbocycles. The van der Waals surface area contributed by atoms with Gasteiger partial charge < -0.3 is 35.1 Å². The Morgan fingerprint density at radius 1 is 1.00 bits per heavy atom. The minimum absolute atomic E-state index is 0.137. The zero-order valence-corrected chi connectivity index (χ0v) is 21.6. The molecule has 200 valence electrons. The lowest BCUT2D eigenvalue weighted by Gasteiger charge is -2.26. The van der Waals surface area contributed by atoms with E-state index in [9.17, 15) is 19.2 Å². The van der Waals surface area contributed by atoms with Crippen molar-refractivity contribution in [2.75, 3.05) is 13.7 Å². The second-order valence-electron chi connectivity index (χ2n) is 9.40. The number of nitrogens with two attached hydrogens (primary N) is 1. The fourth-order valence-electron chi connectivity index (χ4n) is 4.69. The van der Waals surface area contributed by atoms with Crippen LogP contribution in [0.4, 0.5) is 0 Å². The molecule has 2 aromatic heterocycles. The quantitative estimate of drug-likeness (QED) is 0.379. The second-order valence-corrected chi connectivity index (χ2v) is 9.40. The van der Waals surface area contributed by atoms with Gasteiger partial charge in [-0.1, -0.05) is 12.1 Å². The normalized spacial score (nSPS) is 17.6. The number of methoxy groups -OCH3 is 1. The molecule has 3 unspecified atom stereocenters. The SMILES string of the molecule is COc1ccc(CC(NC(=O)C2CC(NC(=O)c3cccn3C)CN2C(=O)c2cccn2C)C(N)=O)cc1. The Bertz CT molecular complexity index is 1330. The third-order valence-electron chi connectivity index (χ3n) is 6.80. The molecule has 0 aliphatic carbocycles. The van der Waals surface area contributed by atoms with Gasteiger partial charge in [-0.2, -0.15) is 0 Å². The monoisotopic (exact) mass is 520 g/mol. The molecule has 38 heavy (non-hydrogen) atoms. The number of ether oxygens (including phenoxy) is 1. The fraction of sp³-hybridized carbons (Fsp3) is 0.333. The van der Waals surface area contributed by atoms with Crippen LogP contribution in [0.25, 0.3) is 0 Å².